The number of amides is 1. The number of hydrogen-bond acceptors (Lipinski definition) is 6. The van der Waals surface area contributed by atoms with E-state index in [-0.39, 0.29) is 30.0 Å². The van der Waals surface area contributed by atoms with Gasteiger partial charge in [0.25, 0.3) is 11.6 Å². The van der Waals surface area contributed by atoms with E-state index in [1.165, 1.54) is 6.07 Å². The van der Waals surface area contributed by atoms with Crippen molar-refractivity contribution in [3.05, 3.63) is 33.3 Å². The molecule has 0 spiro atoms. The Hall–Kier alpha value is -2.35. The summed E-state index contributed by atoms with van der Waals surface area (Å²) in [6.07, 6.45) is 0.244. The first-order valence-corrected chi connectivity index (χ1v) is 9.07. The lowest BCUT2D eigenvalue weighted by Gasteiger charge is -2.35. The van der Waals surface area contributed by atoms with Gasteiger partial charge >= 0.3 is 5.97 Å². The zero-order valence-corrected chi connectivity index (χ0v) is 16.5. The summed E-state index contributed by atoms with van der Waals surface area (Å²) < 4.78 is 5.06. The van der Waals surface area contributed by atoms with Gasteiger partial charge in [-0.3, -0.25) is 19.7 Å². The Balaban J connectivity index is 1.89. The van der Waals surface area contributed by atoms with Gasteiger partial charge in [0.05, 0.1) is 11.3 Å². The number of carbonyl (C=O) groups is 2. The van der Waals surface area contributed by atoms with Crippen LogP contribution in [-0.2, 0) is 14.3 Å². The van der Waals surface area contributed by atoms with Crippen LogP contribution in [0.2, 0.25) is 5.02 Å². The standard InChI is InChI=1S/C18H24ClN3O5/c1-18(2,3)11-17(24)27-12-16(23)21-8-6-20(7-9-21)14-5-4-13(19)10-15(14)22(25)26/h4-5,10H,6-9,11-12H2,1-3H3. The fraction of sp³-hybridized carbons (Fsp3) is 0.556. The Labute approximate surface area is 163 Å². The van der Waals surface area contributed by atoms with Gasteiger partial charge in [-0.1, -0.05) is 32.4 Å². The Bertz CT molecular complexity index is 724. The molecular weight excluding hydrogens is 374 g/mol. The topological polar surface area (TPSA) is 93.0 Å². The smallest absolute Gasteiger partial charge is 0.306 e. The molecule has 1 fully saturated rings. The van der Waals surface area contributed by atoms with Crippen LogP contribution in [0, 0.1) is 15.5 Å². The highest BCUT2D eigenvalue weighted by Gasteiger charge is 2.27. The van der Waals surface area contributed by atoms with Crippen molar-refractivity contribution >= 4 is 34.9 Å². The lowest BCUT2D eigenvalue weighted by molar-refractivity contribution is -0.384. The first kappa shape index (κ1) is 21.0. The van der Waals surface area contributed by atoms with E-state index in [0.29, 0.717) is 36.9 Å². The summed E-state index contributed by atoms with van der Waals surface area (Å²) in [5.74, 6) is -0.659. The van der Waals surface area contributed by atoms with Crippen molar-refractivity contribution in [2.75, 3.05) is 37.7 Å². The Morgan fingerprint density at radius 3 is 2.41 bits per heavy atom. The predicted molar refractivity (Wildman–Crippen MR) is 102 cm³/mol. The molecule has 0 unspecified atom stereocenters. The molecule has 0 aliphatic carbocycles. The minimum Gasteiger partial charge on any atom is -0.456 e. The van der Waals surface area contributed by atoms with Crippen molar-refractivity contribution in [2.24, 2.45) is 5.41 Å². The first-order valence-electron chi connectivity index (χ1n) is 8.69. The van der Waals surface area contributed by atoms with Crippen LogP contribution in [0.5, 0.6) is 0 Å². The van der Waals surface area contributed by atoms with Gasteiger partial charge in [-0.05, 0) is 17.5 Å². The number of esters is 1. The molecule has 1 aromatic carbocycles. The molecule has 27 heavy (non-hydrogen) atoms. The van der Waals surface area contributed by atoms with Gasteiger partial charge in [0, 0.05) is 37.3 Å². The first-order chi connectivity index (χ1) is 12.6. The molecule has 1 aromatic rings. The average Bonchev–Trinajstić information content (AvgIpc) is 2.58. The second kappa shape index (κ2) is 8.56. The molecule has 1 amide bonds. The van der Waals surface area contributed by atoms with Gasteiger partial charge in [-0.25, -0.2) is 0 Å². The van der Waals surface area contributed by atoms with Crippen molar-refractivity contribution in [1.82, 2.24) is 4.90 Å². The van der Waals surface area contributed by atoms with Crippen LogP contribution in [0.3, 0.4) is 0 Å². The van der Waals surface area contributed by atoms with E-state index in [4.69, 9.17) is 16.3 Å². The van der Waals surface area contributed by atoms with Crippen LogP contribution in [0.25, 0.3) is 0 Å². The van der Waals surface area contributed by atoms with E-state index >= 15 is 0 Å². The Morgan fingerprint density at radius 2 is 1.85 bits per heavy atom. The molecule has 1 saturated heterocycles. The molecule has 0 radical (unpaired) electrons. The number of rotatable bonds is 5. The molecule has 148 valence electrons. The molecular formula is C18H24ClN3O5. The monoisotopic (exact) mass is 397 g/mol. The molecule has 2 rings (SSSR count). The number of nitro benzene ring substituents is 1. The largest absolute Gasteiger partial charge is 0.456 e. The van der Waals surface area contributed by atoms with E-state index in [0.717, 1.165) is 0 Å². The Morgan fingerprint density at radius 1 is 1.22 bits per heavy atom. The van der Waals surface area contributed by atoms with E-state index in [1.54, 1.807) is 17.0 Å². The quantitative estimate of drug-likeness (QED) is 0.431. The van der Waals surface area contributed by atoms with Crippen molar-refractivity contribution in [1.29, 1.82) is 0 Å². The van der Waals surface area contributed by atoms with Crippen LogP contribution in [0.1, 0.15) is 27.2 Å². The summed E-state index contributed by atoms with van der Waals surface area (Å²) >= 11 is 5.85. The number of nitrogens with zero attached hydrogens (tertiary/aromatic N) is 3. The maximum atomic E-state index is 12.2. The third kappa shape index (κ3) is 6.09. The summed E-state index contributed by atoms with van der Waals surface area (Å²) in [7, 11) is 0. The molecule has 1 aliphatic heterocycles. The van der Waals surface area contributed by atoms with Crippen LogP contribution >= 0.6 is 11.6 Å². The molecule has 0 aromatic heterocycles. The fourth-order valence-corrected chi connectivity index (χ4v) is 2.99. The highest BCUT2D eigenvalue weighted by molar-refractivity contribution is 6.30. The zero-order valence-electron chi connectivity index (χ0n) is 15.7. The highest BCUT2D eigenvalue weighted by atomic mass is 35.5. The minimum atomic E-state index is -0.465. The average molecular weight is 398 g/mol. The third-order valence-electron chi connectivity index (χ3n) is 4.14. The second-order valence-corrected chi connectivity index (χ2v) is 8.09. The van der Waals surface area contributed by atoms with Gasteiger partial charge < -0.3 is 14.5 Å². The summed E-state index contributed by atoms with van der Waals surface area (Å²) in [6.45, 7) is 7.18. The number of hydrogen-bond donors (Lipinski definition) is 0. The van der Waals surface area contributed by atoms with Gasteiger partial charge in [0.15, 0.2) is 6.61 Å². The van der Waals surface area contributed by atoms with Gasteiger partial charge in [-0.15, -0.1) is 0 Å². The van der Waals surface area contributed by atoms with Crippen LogP contribution in [-0.4, -0.2) is 54.5 Å². The third-order valence-corrected chi connectivity index (χ3v) is 4.37. The van der Waals surface area contributed by atoms with Crippen molar-refractivity contribution in [2.45, 2.75) is 27.2 Å². The molecule has 0 bridgehead atoms. The maximum absolute atomic E-state index is 12.2. The molecule has 8 nitrogen and oxygen atoms in total. The highest BCUT2D eigenvalue weighted by Crippen LogP contribution is 2.31. The van der Waals surface area contributed by atoms with E-state index in [2.05, 4.69) is 0 Å². The number of anilines is 1. The molecule has 1 heterocycles. The normalized spacial score (nSPS) is 14.8. The van der Waals surface area contributed by atoms with E-state index in [1.807, 2.05) is 25.7 Å². The summed E-state index contributed by atoms with van der Waals surface area (Å²) in [5, 5.41) is 11.5. The Kier molecular flexibility index (Phi) is 6.64. The lowest BCUT2D eigenvalue weighted by Crippen LogP contribution is -2.50. The van der Waals surface area contributed by atoms with Crippen molar-refractivity contribution in [3.63, 3.8) is 0 Å². The lowest BCUT2D eigenvalue weighted by atomic mass is 9.92. The number of benzene rings is 1. The number of halogens is 1. The summed E-state index contributed by atoms with van der Waals surface area (Å²) in [5.41, 5.74) is 0.227. The van der Waals surface area contributed by atoms with E-state index in [9.17, 15) is 19.7 Å². The molecule has 0 N–H and O–H groups in total. The molecule has 9 heteroatoms. The number of ether oxygens (including phenoxy) is 1. The van der Waals surface area contributed by atoms with Gasteiger partial charge in [0.1, 0.15) is 5.69 Å². The van der Waals surface area contributed by atoms with Crippen LogP contribution in [0.4, 0.5) is 11.4 Å². The molecule has 1 aliphatic rings. The van der Waals surface area contributed by atoms with Gasteiger partial charge in [-0.2, -0.15) is 0 Å². The zero-order chi connectivity index (χ0) is 20.2. The number of carbonyl (C=O) groups excluding carboxylic acids is 2. The van der Waals surface area contributed by atoms with Crippen molar-refractivity contribution in [3.8, 4) is 0 Å². The summed E-state index contributed by atoms with van der Waals surface area (Å²) in [6, 6.07) is 4.55. The van der Waals surface area contributed by atoms with E-state index < -0.39 is 10.9 Å². The summed E-state index contributed by atoms with van der Waals surface area (Å²) in [4.78, 5) is 38.2. The van der Waals surface area contributed by atoms with Crippen molar-refractivity contribution < 1.29 is 19.2 Å². The number of nitro groups is 1. The molecule has 0 atom stereocenters. The molecule has 0 saturated carbocycles. The fourth-order valence-electron chi connectivity index (χ4n) is 2.82. The maximum Gasteiger partial charge on any atom is 0.306 e. The van der Waals surface area contributed by atoms with Crippen LogP contribution in [0.15, 0.2) is 18.2 Å². The van der Waals surface area contributed by atoms with Gasteiger partial charge in [0.2, 0.25) is 0 Å². The second-order valence-electron chi connectivity index (χ2n) is 7.66. The number of piperazine rings is 1. The van der Waals surface area contributed by atoms with Crippen LogP contribution < -0.4 is 4.90 Å². The SMILES string of the molecule is CC(C)(C)CC(=O)OCC(=O)N1CCN(c2ccc(Cl)cc2[N+](=O)[O-])CC1. The minimum absolute atomic E-state index is 0.0570. The predicted octanol–water partition coefficient (Wildman–Crippen LogP) is 2.88.